The summed E-state index contributed by atoms with van der Waals surface area (Å²) in [6.07, 6.45) is 6.20. The van der Waals surface area contributed by atoms with Crippen molar-refractivity contribution >= 4 is 11.7 Å². The summed E-state index contributed by atoms with van der Waals surface area (Å²) in [5, 5.41) is 4.41. The molecule has 4 heterocycles. The van der Waals surface area contributed by atoms with E-state index in [1.807, 2.05) is 41.0 Å². The van der Waals surface area contributed by atoms with Gasteiger partial charge in [0.25, 0.3) is 0 Å². The Morgan fingerprint density at radius 3 is 2.67 bits per heavy atom. The van der Waals surface area contributed by atoms with E-state index in [1.165, 1.54) is 16.8 Å². The molecule has 1 unspecified atom stereocenters. The average molecular weight is 445 g/mol. The van der Waals surface area contributed by atoms with Crippen LogP contribution in [0.25, 0.3) is 0 Å². The highest BCUT2D eigenvalue weighted by molar-refractivity contribution is 5.95. The average Bonchev–Trinajstić information content (AvgIpc) is 3.41. The van der Waals surface area contributed by atoms with Crippen molar-refractivity contribution in [1.82, 2.24) is 24.6 Å². The Labute approximate surface area is 195 Å². The number of nitrogens with zero attached hydrogens (tertiary/aromatic N) is 6. The fourth-order valence-electron chi connectivity index (χ4n) is 5.09. The van der Waals surface area contributed by atoms with Gasteiger partial charge in [0.15, 0.2) is 0 Å². The number of rotatable bonds is 6. The summed E-state index contributed by atoms with van der Waals surface area (Å²) in [4.78, 5) is 27.3. The van der Waals surface area contributed by atoms with Crippen LogP contribution < -0.4 is 4.90 Å². The van der Waals surface area contributed by atoms with E-state index < -0.39 is 0 Å². The number of likely N-dealkylation sites (tertiary alicyclic amines) is 1. The van der Waals surface area contributed by atoms with Crippen molar-refractivity contribution in [1.29, 1.82) is 0 Å². The van der Waals surface area contributed by atoms with Crippen LogP contribution in [0.15, 0.2) is 36.5 Å². The Kier molecular flexibility index (Phi) is 5.98. The molecular weight excluding hydrogens is 412 g/mol. The van der Waals surface area contributed by atoms with Crippen molar-refractivity contribution in [2.24, 2.45) is 7.05 Å². The van der Waals surface area contributed by atoms with Gasteiger partial charge in [-0.3, -0.25) is 19.3 Å². The third kappa shape index (κ3) is 4.29. The summed E-state index contributed by atoms with van der Waals surface area (Å²) in [6, 6.07) is 10.5. The molecule has 2 aliphatic rings. The highest BCUT2D eigenvalue weighted by Gasteiger charge is 2.33. The summed E-state index contributed by atoms with van der Waals surface area (Å²) in [6.45, 7) is 6.70. The lowest BCUT2D eigenvalue weighted by Gasteiger charge is -2.31. The molecule has 33 heavy (non-hydrogen) atoms. The maximum atomic E-state index is 12.9. The van der Waals surface area contributed by atoms with Crippen LogP contribution in [-0.4, -0.2) is 43.6 Å². The van der Waals surface area contributed by atoms with E-state index >= 15 is 0 Å². The molecule has 172 valence electrons. The first-order valence-corrected chi connectivity index (χ1v) is 11.9. The van der Waals surface area contributed by atoms with E-state index in [0.717, 1.165) is 61.7 Å². The Morgan fingerprint density at radius 1 is 1.09 bits per heavy atom. The Bertz CT molecular complexity index is 1160. The van der Waals surface area contributed by atoms with Crippen LogP contribution in [0.1, 0.15) is 59.2 Å². The van der Waals surface area contributed by atoms with Crippen LogP contribution >= 0.6 is 0 Å². The van der Waals surface area contributed by atoms with Crippen LogP contribution in [0.5, 0.6) is 0 Å². The molecule has 0 aliphatic carbocycles. The highest BCUT2D eigenvalue weighted by Crippen LogP contribution is 2.35. The van der Waals surface area contributed by atoms with E-state index in [2.05, 4.69) is 36.0 Å². The monoisotopic (exact) mass is 444 g/mol. The third-order valence-electron chi connectivity index (χ3n) is 7.19. The van der Waals surface area contributed by atoms with Crippen molar-refractivity contribution in [3.8, 4) is 0 Å². The molecule has 1 saturated heterocycles. The lowest BCUT2D eigenvalue weighted by molar-refractivity contribution is -0.118. The largest absolute Gasteiger partial charge is 0.296 e. The quantitative estimate of drug-likeness (QED) is 0.580. The molecule has 1 aromatic carbocycles. The molecule has 0 bridgehead atoms. The number of hydrogen-bond donors (Lipinski definition) is 0. The van der Waals surface area contributed by atoms with E-state index in [0.29, 0.717) is 13.0 Å². The van der Waals surface area contributed by atoms with Gasteiger partial charge in [0.05, 0.1) is 12.2 Å². The minimum atomic E-state index is 0.164. The minimum absolute atomic E-state index is 0.164. The second-order valence-electron chi connectivity index (χ2n) is 9.26. The molecule has 0 saturated carbocycles. The molecule has 3 aromatic rings. The van der Waals surface area contributed by atoms with Gasteiger partial charge in [0.1, 0.15) is 11.6 Å². The molecule has 0 radical (unpaired) electrons. The Morgan fingerprint density at radius 2 is 1.91 bits per heavy atom. The van der Waals surface area contributed by atoms with E-state index in [-0.39, 0.29) is 11.9 Å². The molecule has 7 heteroatoms. The highest BCUT2D eigenvalue weighted by atomic mass is 16.2. The zero-order valence-corrected chi connectivity index (χ0v) is 19.8. The van der Waals surface area contributed by atoms with Gasteiger partial charge in [0, 0.05) is 49.1 Å². The van der Waals surface area contributed by atoms with E-state index in [4.69, 9.17) is 9.97 Å². The van der Waals surface area contributed by atoms with Gasteiger partial charge < -0.3 is 0 Å². The zero-order chi connectivity index (χ0) is 22.9. The van der Waals surface area contributed by atoms with Crippen molar-refractivity contribution in [2.75, 3.05) is 18.0 Å². The zero-order valence-electron chi connectivity index (χ0n) is 19.8. The first kappa shape index (κ1) is 21.8. The molecule has 2 aromatic heterocycles. The Balaban J connectivity index is 1.42. The standard InChI is InChI=1S/C26H32N6O/c1-18-22-11-12-24(33)32(15-13-20-8-5-4-6-9-20)26(22)29-25(28-18)23-10-7-14-31(23)17-21-16-27-30(3)19(21)2/h4-6,8-9,16,23H,7,10-15,17H2,1-3H3. The summed E-state index contributed by atoms with van der Waals surface area (Å²) in [5.74, 6) is 1.84. The molecule has 0 N–H and O–H groups in total. The molecule has 0 spiro atoms. The van der Waals surface area contributed by atoms with Gasteiger partial charge in [-0.2, -0.15) is 5.10 Å². The van der Waals surface area contributed by atoms with Crippen LogP contribution in [0, 0.1) is 13.8 Å². The van der Waals surface area contributed by atoms with Crippen molar-refractivity contribution < 1.29 is 4.79 Å². The van der Waals surface area contributed by atoms with Crippen LogP contribution in [-0.2, 0) is 31.2 Å². The fourth-order valence-corrected chi connectivity index (χ4v) is 5.09. The summed E-state index contributed by atoms with van der Waals surface area (Å²) < 4.78 is 1.93. The molecule has 2 aliphatic heterocycles. The van der Waals surface area contributed by atoms with Crippen molar-refractivity contribution in [3.63, 3.8) is 0 Å². The summed E-state index contributed by atoms with van der Waals surface area (Å²) in [5.41, 5.74) is 5.81. The number of aromatic nitrogens is 4. The van der Waals surface area contributed by atoms with Gasteiger partial charge >= 0.3 is 0 Å². The fraction of sp³-hybridized carbons (Fsp3) is 0.462. The molecule has 5 rings (SSSR count). The summed E-state index contributed by atoms with van der Waals surface area (Å²) in [7, 11) is 1.98. The van der Waals surface area contributed by atoms with Crippen LogP contribution in [0.3, 0.4) is 0 Å². The number of amides is 1. The molecule has 1 atom stereocenters. The second kappa shape index (κ2) is 9.06. The van der Waals surface area contributed by atoms with Crippen molar-refractivity contribution in [3.05, 3.63) is 70.4 Å². The number of anilines is 1. The number of fused-ring (bicyclic) bond motifs is 1. The number of carbonyl (C=O) groups excluding carboxylic acids is 1. The van der Waals surface area contributed by atoms with Gasteiger partial charge in [-0.15, -0.1) is 0 Å². The number of benzene rings is 1. The molecule has 7 nitrogen and oxygen atoms in total. The SMILES string of the molecule is Cc1nc(C2CCCN2Cc2cnn(C)c2C)nc2c1CCC(=O)N2CCc1ccccc1. The number of hydrogen-bond acceptors (Lipinski definition) is 5. The van der Waals surface area contributed by atoms with Crippen LogP contribution in [0.2, 0.25) is 0 Å². The van der Waals surface area contributed by atoms with Crippen LogP contribution in [0.4, 0.5) is 5.82 Å². The van der Waals surface area contributed by atoms with Gasteiger partial charge in [0.2, 0.25) is 5.91 Å². The predicted octanol–water partition coefficient (Wildman–Crippen LogP) is 3.69. The number of carbonyl (C=O) groups is 1. The second-order valence-corrected chi connectivity index (χ2v) is 9.26. The van der Waals surface area contributed by atoms with E-state index in [9.17, 15) is 4.79 Å². The smallest absolute Gasteiger partial charge is 0.228 e. The molecule has 1 fully saturated rings. The molecule has 1 amide bonds. The first-order chi connectivity index (χ1) is 16.0. The van der Waals surface area contributed by atoms with Gasteiger partial charge in [-0.1, -0.05) is 30.3 Å². The van der Waals surface area contributed by atoms with Gasteiger partial charge in [-0.05, 0) is 51.6 Å². The minimum Gasteiger partial charge on any atom is -0.296 e. The normalized spacial score (nSPS) is 18.7. The van der Waals surface area contributed by atoms with Gasteiger partial charge in [-0.25, -0.2) is 9.97 Å². The summed E-state index contributed by atoms with van der Waals surface area (Å²) >= 11 is 0. The first-order valence-electron chi connectivity index (χ1n) is 11.9. The third-order valence-corrected chi connectivity index (χ3v) is 7.19. The lowest BCUT2D eigenvalue weighted by Crippen LogP contribution is -2.38. The van der Waals surface area contributed by atoms with E-state index in [1.54, 1.807) is 0 Å². The van der Waals surface area contributed by atoms with Crippen molar-refractivity contribution in [2.45, 2.75) is 58.5 Å². The predicted molar refractivity (Wildman–Crippen MR) is 128 cm³/mol. The lowest BCUT2D eigenvalue weighted by atomic mass is 10.0. The maximum absolute atomic E-state index is 12.9. The maximum Gasteiger partial charge on any atom is 0.228 e. The number of aryl methyl sites for hydroxylation is 2. The molecular formula is C26H32N6O. The topological polar surface area (TPSA) is 67.2 Å². The Hall–Kier alpha value is -3.06.